The fourth-order valence-corrected chi connectivity index (χ4v) is 5.26. The van der Waals surface area contributed by atoms with Crippen molar-refractivity contribution in [3.8, 4) is 0 Å². The van der Waals surface area contributed by atoms with E-state index < -0.39 is 23.9 Å². The number of hydrogen-bond acceptors (Lipinski definition) is 5. The fraction of sp³-hybridized carbons (Fsp3) is 0.741. The summed E-state index contributed by atoms with van der Waals surface area (Å²) in [5.74, 6) is -0.274. The minimum absolute atomic E-state index is 0.198. The average molecular weight is 488 g/mol. The third-order valence-electron chi connectivity index (χ3n) is 8.37. The summed E-state index contributed by atoms with van der Waals surface area (Å²) in [4.78, 5) is 16.7. The van der Waals surface area contributed by atoms with Gasteiger partial charge in [-0.1, -0.05) is 12.1 Å². The molecule has 3 fully saturated rings. The molecule has 1 aromatic carbocycles. The molecule has 0 radical (unpaired) electrons. The summed E-state index contributed by atoms with van der Waals surface area (Å²) in [7, 11) is -0.685. The Morgan fingerprint density at radius 1 is 1.00 bits per heavy atom. The number of piperidine rings is 2. The summed E-state index contributed by atoms with van der Waals surface area (Å²) in [5.41, 5.74) is 0.297. The van der Waals surface area contributed by atoms with Crippen LogP contribution in [0.3, 0.4) is 0 Å². The topological polar surface area (TPSA) is 51.2 Å². The summed E-state index contributed by atoms with van der Waals surface area (Å²) < 4.78 is 32.6. The van der Waals surface area contributed by atoms with Crippen LogP contribution in [0, 0.1) is 11.2 Å². The lowest BCUT2D eigenvalue weighted by Crippen LogP contribution is -2.49. The minimum atomic E-state index is -0.685. The number of amides is 1. The van der Waals surface area contributed by atoms with Gasteiger partial charge < -0.3 is 18.9 Å². The SMILES string of the molecule is CC(C)(C)OC(=O)N1CCC2(CCN(Cc3ccc(B4OC(C)(C)C(C)(C)O4)c(F)c3)CC2)CC1. The van der Waals surface area contributed by atoms with Gasteiger partial charge in [0.2, 0.25) is 0 Å². The Bertz CT molecular complexity index is 912. The number of likely N-dealkylation sites (tertiary alicyclic amines) is 2. The van der Waals surface area contributed by atoms with Gasteiger partial charge in [-0.25, -0.2) is 9.18 Å². The monoisotopic (exact) mass is 488 g/mol. The van der Waals surface area contributed by atoms with Crippen molar-refractivity contribution in [2.75, 3.05) is 26.2 Å². The summed E-state index contributed by atoms with van der Waals surface area (Å²) >= 11 is 0. The molecule has 3 saturated heterocycles. The van der Waals surface area contributed by atoms with Crippen LogP contribution in [0.15, 0.2) is 18.2 Å². The second-order valence-corrected chi connectivity index (χ2v) is 12.7. The van der Waals surface area contributed by atoms with Crippen molar-refractivity contribution in [3.05, 3.63) is 29.6 Å². The quantitative estimate of drug-likeness (QED) is 0.576. The molecule has 8 heteroatoms. The molecular weight excluding hydrogens is 446 g/mol. The van der Waals surface area contributed by atoms with Crippen molar-refractivity contribution >= 4 is 18.7 Å². The highest BCUT2D eigenvalue weighted by Crippen LogP contribution is 2.42. The van der Waals surface area contributed by atoms with Crippen LogP contribution in [0.4, 0.5) is 9.18 Å². The molecule has 35 heavy (non-hydrogen) atoms. The first-order valence-corrected chi connectivity index (χ1v) is 13.0. The van der Waals surface area contributed by atoms with E-state index in [-0.39, 0.29) is 11.9 Å². The Morgan fingerprint density at radius 2 is 1.54 bits per heavy atom. The van der Waals surface area contributed by atoms with Gasteiger partial charge in [0.15, 0.2) is 0 Å². The van der Waals surface area contributed by atoms with Gasteiger partial charge in [-0.2, -0.15) is 0 Å². The molecule has 0 aliphatic carbocycles. The molecule has 194 valence electrons. The summed E-state index contributed by atoms with van der Waals surface area (Å²) in [6, 6.07) is 5.43. The molecule has 1 aromatic rings. The number of hydrogen-bond donors (Lipinski definition) is 0. The van der Waals surface area contributed by atoms with Crippen LogP contribution < -0.4 is 5.46 Å². The smallest absolute Gasteiger partial charge is 0.444 e. The van der Waals surface area contributed by atoms with E-state index in [0.29, 0.717) is 10.9 Å². The largest absolute Gasteiger partial charge is 0.497 e. The number of halogens is 1. The normalized spacial score (nSPS) is 24.1. The predicted octanol–water partition coefficient (Wildman–Crippen LogP) is 4.74. The summed E-state index contributed by atoms with van der Waals surface area (Å²) in [6.07, 6.45) is 4.08. The molecule has 0 unspecified atom stereocenters. The highest BCUT2D eigenvalue weighted by Gasteiger charge is 2.52. The number of nitrogens with zero attached hydrogens (tertiary/aromatic N) is 2. The van der Waals surface area contributed by atoms with Crippen LogP contribution in [0.1, 0.15) is 79.7 Å². The van der Waals surface area contributed by atoms with Crippen LogP contribution >= 0.6 is 0 Å². The number of ether oxygens (including phenoxy) is 1. The third kappa shape index (κ3) is 5.86. The second kappa shape index (κ2) is 9.35. The number of rotatable bonds is 3. The molecule has 1 amide bonds. The van der Waals surface area contributed by atoms with Crippen LogP contribution in [-0.2, 0) is 20.6 Å². The molecule has 0 aromatic heterocycles. The second-order valence-electron chi connectivity index (χ2n) is 12.7. The van der Waals surface area contributed by atoms with Gasteiger partial charge >= 0.3 is 13.2 Å². The van der Waals surface area contributed by atoms with E-state index in [1.807, 2.05) is 65.5 Å². The molecular formula is C27H42BFN2O4. The highest BCUT2D eigenvalue weighted by molar-refractivity contribution is 6.62. The first-order valence-electron chi connectivity index (χ1n) is 13.0. The molecule has 0 atom stereocenters. The lowest BCUT2D eigenvalue weighted by atomic mass is 9.71. The standard InChI is InChI=1S/C27H42BFN2O4/c1-24(2,3)33-23(32)31-16-12-27(13-17-31)10-14-30(15-11-27)19-20-8-9-21(22(29)18-20)28-34-25(4,5)26(6,7)35-28/h8-9,18H,10-17,19H2,1-7H3. The van der Waals surface area contributed by atoms with Crippen molar-refractivity contribution in [3.63, 3.8) is 0 Å². The number of carbonyl (C=O) groups excluding carboxylic acids is 1. The zero-order valence-corrected chi connectivity index (χ0v) is 22.6. The van der Waals surface area contributed by atoms with E-state index in [1.165, 1.54) is 0 Å². The Hall–Kier alpha value is -1.64. The summed E-state index contributed by atoms with van der Waals surface area (Å²) in [6.45, 7) is 17.9. The molecule has 6 nitrogen and oxygen atoms in total. The number of carbonyl (C=O) groups is 1. The molecule has 0 N–H and O–H groups in total. The molecule has 3 aliphatic rings. The average Bonchev–Trinajstić information content (AvgIpc) is 2.96. The van der Waals surface area contributed by atoms with Gasteiger partial charge in [-0.3, -0.25) is 4.90 Å². The van der Waals surface area contributed by atoms with Crippen molar-refractivity contribution in [2.24, 2.45) is 5.41 Å². The van der Waals surface area contributed by atoms with E-state index in [1.54, 1.807) is 6.07 Å². The van der Waals surface area contributed by atoms with Crippen molar-refractivity contribution in [1.29, 1.82) is 0 Å². The van der Waals surface area contributed by atoms with E-state index in [2.05, 4.69) is 4.90 Å². The molecule has 0 saturated carbocycles. The lowest BCUT2D eigenvalue weighted by Gasteiger charge is -2.46. The first kappa shape index (κ1) is 26.4. The Balaban J connectivity index is 1.28. The molecule has 3 heterocycles. The Kier molecular flexibility index (Phi) is 7.06. The van der Waals surface area contributed by atoms with Gasteiger partial charge in [-0.15, -0.1) is 0 Å². The zero-order valence-electron chi connectivity index (χ0n) is 22.6. The molecule has 4 rings (SSSR count). The fourth-order valence-electron chi connectivity index (χ4n) is 5.26. The van der Waals surface area contributed by atoms with Crippen molar-refractivity contribution < 1.29 is 23.2 Å². The van der Waals surface area contributed by atoms with Crippen LogP contribution in [0.5, 0.6) is 0 Å². The van der Waals surface area contributed by atoms with Crippen molar-refractivity contribution in [2.45, 2.75) is 97.5 Å². The van der Waals surface area contributed by atoms with Gasteiger partial charge in [-0.05, 0) is 104 Å². The Morgan fingerprint density at radius 3 is 2.06 bits per heavy atom. The predicted molar refractivity (Wildman–Crippen MR) is 136 cm³/mol. The maximum absolute atomic E-state index is 15.0. The summed E-state index contributed by atoms with van der Waals surface area (Å²) in [5, 5.41) is 0. The van der Waals surface area contributed by atoms with E-state index in [0.717, 1.165) is 64.0 Å². The molecule has 0 bridgehead atoms. The molecule has 1 spiro atoms. The van der Waals surface area contributed by atoms with Crippen LogP contribution in [-0.4, -0.2) is 66.0 Å². The maximum atomic E-state index is 15.0. The van der Waals surface area contributed by atoms with E-state index >= 15 is 4.39 Å². The maximum Gasteiger partial charge on any atom is 0.497 e. The van der Waals surface area contributed by atoms with E-state index in [9.17, 15) is 4.79 Å². The van der Waals surface area contributed by atoms with Gasteiger partial charge in [0, 0.05) is 25.1 Å². The molecule has 3 aliphatic heterocycles. The van der Waals surface area contributed by atoms with Gasteiger partial charge in [0.1, 0.15) is 11.4 Å². The van der Waals surface area contributed by atoms with Crippen LogP contribution in [0.25, 0.3) is 0 Å². The zero-order chi connectivity index (χ0) is 25.6. The van der Waals surface area contributed by atoms with Crippen LogP contribution in [0.2, 0.25) is 0 Å². The van der Waals surface area contributed by atoms with E-state index in [4.69, 9.17) is 14.0 Å². The van der Waals surface area contributed by atoms with Crippen molar-refractivity contribution in [1.82, 2.24) is 9.80 Å². The third-order valence-corrected chi connectivity index (χ3v) is 8.37. The first-order chi connectivity index (χ1) is 16.2. The highest BCUT2D eigenvalue weighted by atomic mass is 19.1. The minimum Gasteiger partial charge on any atom is -0.444 e. The van der Waals surface area contributed by atoms with Gasteiger partial charge in [0.25, 0.3) is 0 Å². The Labute approximate surface area is 210 Å². The van der Waals surface area contributed by atoms with Gasteiger partial charge in [0.05, 0.1) is 11.2 Å². The lowest BCUT2D eigenvalue weighted by molar-refractivity contribution is -0.00313. The number of benzene rings is 1.